The van der Waals surface area contributed by atoms with Crippen molar-refractivity contribution in [2.75, 3.05) is 19.7 Å². The second-order valence-electron chi connectivity index (χ2n) is 3.95. The van der Waals surface area contributed by atoms with Crippen LogP contribution in [0.4, 0.5) is 4.39 Å². The van der Waals surface area contributed by atoms with Gasteiger partial charge in [-0.15, -0.1) is 0 Å². The summed E-state index contributed by atoms with van der Waals surface area (Å²) in [5.74, 6) is 0.600. The average Bonchev–Trinajstić information content (AvgIpc) is 2.29. The van der Waals surface area contributed by atoms with Crippen LogP contribution < -0.4 is 10.1 Å². The largest absolute Gasteiger partial charge is 0.490 e. The van der Waals surface area contributed by atoms with E-state index in [1.807, 2.05) is 0 Å². The molecule has 3 heteroatoms. The van der Waals surface area contributed by atoms with Crippen molar-refractivity contribution in [2.24, 2.45) is 5.92 Å². The van der Waals surface area contributed by atoms with E-state index in [1.165, 1.54) is 18.9 Å². The van der Waals surface area contributed by atoms with Crippen LogP contribution in [0.2, 0.25) is 0 Å². The maximum atomic E-state index is 13.2. The molecule has 2 nitrogen and oxygen atoms in total. The summed E-state index contributed by atoms with van der Waals surface area (Å²) in [5.41, 5.74) is 0. The van der Waals surface area contributed by atoms with Gasteiger partial charge >= 0.3 is 0 Å². The van der Waals surface area contributed by atoms with Gasteiger partial charge in [0.15, 0.2) is 11.6 Å². The standard InChI is InChI=1S/C12H16FNO/c13-11-5-1-2-6-12(11)15-9-10-4-3-7-14-8-10/h1-2,5-6,10,14H,3-4,7-9H2/t10-/m1/s1. The molecule has 0 amide bonds. The quantitative estimate of drug-likeness (QED) is 0.824. The maximum absolute atomic E-state index is 13.2. The van der Waals surface area contributed by atoms with Crippen LogP contribution >= 0.6 is 0 Å². The minimum Gasteiger partial charge on any atom is -0.490 e. The van der Waals surface area contributed by atoms with Gasteiger partial charge in [0.2, 0.25) is 0 Å². The van der Waals surface area contributed by atoms with E-state index in [2.05, 4.69) is 5.32 Å². The van der Waals surface area contributed by atoms with E-state index in [9.17, 15) is 4.39 Å². The Balaban J connectivity index is 1.84. The lowest BCUT2D eigenvalue weighted by Crippen LogP contribution is -2.33. The predicted octanol–water partition coefficient (Wildman–Crippen LogP) is 2.20. The van der Waals surface area contributed by atoms with Crippen molar-refractivity contribution in [3.8, 4) is 5.75 Å². The van der Waals surface area contributed by atoms with Crippen LogP contribution in [0.5, 0.6) is 5.75 Å². The SMILES string of the molecule is Fc1ccccc1OC[C@@H]1CCCNC1. The van der Waals surface area contributed by atoms with E-state index >= 15 is 0 Å². The highest BCUT2D eigenvalue weighted by molar-refractivity contribution is 5.23. The Morgan fingerprint density at radius 1 is 1.40 bits per heavy atom. The molecule has 1 aromatic carbocycles. The van der Waals surface area contributed by atoms with Gasteiger partial charge in [-0.2, -0.15) is 0 Å². The molecule has 0 saturated carbocycles. The van der Waals surface area contributed by atoms with Crippen molar-refractivity contribution in [1.82, 2.24) is 5.32 Å². The Labute approximate surface area is 89.4 Å². The lowest BCUT2D eigenvalue weighted by molar-refractivity contribution is 0.211. The van der Waals surface area contributed by atoms with Gasteiger partial charge in [0, 0.05) is 12.5 Å². The van der Waals surface area contributed by atoms with Crippen LogP contribution in [0.3, 0.4) is 0 Å². The first-order chi connectivity index (χ1) is 7.36. The fraction of sp³-hybridized carbons (Fsp3) is 0.500. The third-order valence-electron chi connectivity index (χ3n) is 2.71. The van der Waals surface area contributed by atoms with Gasteiger partial charge in [-0.3, -0.25) is 0 Å². The first kappa shape index (κ1) is 10.4. The molecule has 0 radical (unpaired) electrons. The van der Waals surface area contributed by atoms with E-state index in [-0.39, 0.29) is 5.82 Å². The Morgan fingerprint density at radius 3 is 3.00 bits per heavy atom. The maximum Gasteiger partial charge on any atom is 0.165 e. The number of hydrogen-bond donors (Lipinski definition) is 1. The highest BCUT2D eigenvalue weighted by Crippen LogP contribution is 2.18. The lowest BCUT2D eigenvalue weighted by atomic mass is 10.0. The van der Waals surface area contributed by atoms with E-state index in [4.69, 9.17) is 4.74 Å². The Bertz CT molecular complexity index is 310. The van der Waals surface area contributed by atoms with Crippen molar-refractivity contribution in [1.29, 1.82) is 0 Å². The summed E-state index contributed by atoms with van der Waals surface area (Å²) in [7, 11) is 0. The molecule has 0 aromatic heterocycles. The van der Waals surface area contributed by atoms with Gasteiger partial charge in [-0.05, 0) is 31.5 Å². The molecular formula is C12H16FNO. The molecule has 1 aliphatic heterocycles. The molecule has 1 saturated heterocycles. The van der Waals surface area contributed by atoms with Crippen molar-refractivity contribution < 1.29 is 9.13 Å². The summed E-state index contributed by atoms with van der Waals surface area (Å²) in [6, 6.07) is 6.56. The minimum atomic E-state index is -0.277. The molecule has 2 rings (SSSR count). The van der Waals surface area contributed by atoms with E-state index in [0.717, 1.165) is 13.1 Å². The molecule has 0 spiro atoms. The smallest absolute Gasteiger partial charge is 0.165 e. The second kappa shape index (κ2) is 5.12. The van der Waals surface area contributed by atoms with Gasteiger partial charge in [0.05, 0.1) is 6.61 Å². The summed E-state index contributed by atoms with van der Waals surface area (Å²) >= 11 is 0. The van der Waals surface area contributed by atoms with Crippen LogP contribution in [0.25, 0.3) is 0 Å². The fourth-order valence-corrected chi connectivity index (χ4v) is 1.84. The summed E-state index contributed by atoms with van der Waals surface area (Å²) < 4.78 is 18.7. The van der Waals surface area contributed by atoms with Crippen molar-refractivity contribution in [2.45, 2.75) is 12.8 Å². The summed E-state index contributed by atoms with van der Waals surface area (Å²) in [6.45, 7) is 2.68. The first-order valence-corrected chi connectivity index (χ1v) is 5.44. The first-order valence-electron chi connectivity index (χ1n) is 5.44. The van der Waals surface area contributed by atoms with Gasteiger partial charge in [0.25, 0.3) is 0 Å². The van der Waals surface area contributed by atoms with Gasteiger partial charge in [-0.25, -0.2) is 4.39 Å². The molecule has 1 aliphatic rings. The second-order valence-corrected chi connectivity index (χ2v) is 3.95. The molecule has 1 heterocycles. The Morgan fingerprint density at radius 2 is 2.27 bits per heavy atom. The third-order valence-corrected chi connectivity index (χ3v) is 2.71. The van der Waals surface area contributed by atoms with Crippen molar-refractivity contribution >= 4 is 0 Å². The minimum absolute atomic E-state index is 0.277. The van der Waals surface area contributed by atoms with Crippen LogP contribution in [0, 0.1) is 11.7 Å². The fourth-order valence-electron chi connectivity index (χ4n) is 1.84. The van der Waals surface area contributed by atoms with Gasteiger partial charge < -0.3 is 10.1 Å². The number of para-hydroxylation sites is 1. The van der Waals surface area contributed by atoms with Gasteiger partial charge in [-0.1, -0.05) is 12.1 Å². The third kappa shape index (κ3) is 2.93. The number of piperidine rings is 1. The number of hydrogen-bond acceptors (Lipinski definition) is 2. The molecule has 82 valence electrons. The average molecular weight is 209 g/mol. The number of halogens is 1. The molecule has 0 aliphatic carbocycles. The zero-order valence-corrected chi connectivity index (χ0v) is 8.71. The molecule has 0 bridgehead atoms. The summed E-state index contributed by atoms with van der Waals surface area (Å²) in [5, 5.41) is 3.31. The Hall–Kier alpha value is -1.09. The van der Waals surface area contributed by atoms with Crippen LogP contribution in [0.1, 0.15) is 12.8 Å². The molecule has 1 N–H and O–H groups in total. The summed E-state index contributed by atoms with van der Waals surface area (Å²) in [6.07, 6.45) is 2.35. The lowest BCUT2D eigenvalue weighted by Gasteiger charge is -2.22. The van der Waals surface area contributed by atoms with E-state index < -0.39 is 0 Å². The number of benzene rings is 1. The molecule has 0 unspecified atom stereocenters. The molecular weight excluding hydrogens is 193 g/mol. The molecule has 1 fully saturated rings. The number of nitrogens with one attached hydrogen (secondary N) is 1. The number of rotatable bonds is 3. The molecule has 1 atom stereocenters. The summed E-state index contributed by atoms with van der Waals surface area (Å²) in [4.78, 5) is 0. The highest BCUT2D eigenvalue weighted by Gasteiger charge is 2.14. The zero-order chi connectivity index (χ0) is 10.5. The molecule has 1 aromatic rings. The van der Waals surface area contributed by atoms with Gasteiger partial charge in [0.1, 0.15) is 0 Å². The normalized spacial score (nSPS) is 21.3. The van der Waals surface area contributed by atoms with Crippen molar-refractivity contribution in [3.05, 3.63) is 30.1 Å². The van der Waals surface area contributed by atoms with E-state index in [1.54, 1.807) is 18.2 Å². The molecule has 15 heavy (non-hydrogen) atoms. The van der Waals surface area contributed by atoms with Crippen LogP contribution in [-0.2, 0) is 0 Å². The Kier molecular flexibility index (Phi) is 3.56. The van der Waals surface area contributed by atoms with Crippen LogP contribution in [-0.4, -0.2) is 19.7 Å². The highest BCUT2D eigenvalue weighted by atomic mass is 19.1. The predicted molar refractivity (Wildman–Crippen MR) is 57.5 cm³/mol. The van der Waals surface area contributed by atoms with E-state index in [0.29, 0.717) is 18.3 Å². The zero-order valence-electron chi connectivity index (χ0n) is 8.71. The monoisotopic (exact) mass is 209 g/mol. The number of ether oxygens (including phenoxy) is 1. The van der Waals surface area contributed by atoms with Crippen molar-refractivity contribution in [3.63, 3.8) is 0 Å². The topological polar surface area (TPSA) is 21.3 Å². The van der Waals surface area contributed by atoms with Crippen LogP contribution in [0.15, 0.2) is 24.3 Å².